The zero-order valence-electron chi connectivity index (χ0n) is 15.3. The van der Waals surface area contributed by atoms with Gasteiger partial charge in [0.15, 0.2) is 6.10 Å². The van der Waals surface area contributed by atoms with Crippen LogP contribution in [0.4, 0.5) is 0 Å². The van der Waals surface area contributed by atoms with Crippen molar-refractivity contribution in [1.29, 1.82) is 0 Å². The molecule has 0 saturated carbocycles. The van der Waals surface area contributed by atoms with Crippen LogP contribution in [-0.2, 0) is 9.53 Å². The molecule has 138 valence electrons. The molecule has 0 amide bonds. The van der Waals surface area contributed by atoms with Crippen molar-refractivity contribution >= 4 is 5.97 Å². The quantitative estimate of drug-likeness (QED) is 0.326. The third-order valence-corrected chi connectivity index (χ3v) is 4.41. The number of esters is 1. The Hall–Kier alpha value is -0.610. The molecule has 0 aliphatic heterocycles. The van der Waals surface area contributed by atoms with E-state index in [1.54, 1.807) is 0 Å². The lowest BCUT2D eigenvalue weighted by Crippen LogP contribution is -2.34. The average Bonchev–Trinajstić information content (AvgIpc) is 2.57. The molecule has 0 aliphatic carbocycles. The summed E-state index contributed by atoms with van der Waals surface area (Å²) < 4.78 is 4.40. The summed E-state index contributed by atoms with van der Waals surface area (Å²) >= 11 is 0. The van der Waals surface area contributed by atoms with Gasteiger partial charge in [0, 0.05) is 0 Å². The van der Waals surface area contributed by atoms with Crippen molar-refractivity contribution in [3.63, 3.8) is 0 Å². The summed E-state index contributed by atoms with van der Waals surface area (Å²) in [5.74, 6) is -0.757. The van der Waals surface area contributed by atoms with Gasteiger partial charge in [0.2, 0.25) is 0 Å². The Labute approximate surface area is 142 Å². The van der Waals surface area contributed by atoms with E-state index in [2.05, 4.69) is 11.7 Å². The Kier molecular flexibility index (Phi) is 15.8. The van der Waals surface area contributed by atoms with Crippen LogP contribution in [0.25, 0.3) is 0 Å². The monoisotopic (exact) mass is 330 g/mol. The van der Waals surface area contributed by atoms with Crippen LogP contribution in [0, 0.1) is 0 Å². The minimum absolute atomic E-state index is 0.452. The molecule has 4 nitrogen and oxygen atoms in total. The van der Waals surface area contributed by atoms with Gasteiger partial charge in [-0.05, 0) is 6.42 Å². The molecular weight excluding hydrogens is 292 g/mol. The second-order valence-corrected chi connectivity index (χ2v) is 6.57. The average molecular weight is 331 g/mol. The van der Waals surface area contributed by atoms with Gasteiger partial charge < -0.3 is 14.9 Å². The van der Waals surface area contributed by atoms with Crippen molar-refractivity contribution in [3.8, 4) is 0 Å². The molecule has 23 heavy (non-hydrogen) atoms. The van der Waals surface area contributed by atoms with E-state index in [0.717, 1.165) is 19.3 Å². The molecule has 0 aromatic heterocycles. The fourth-order valence-corrected chi connectivity index (χ4v) is 2.81. The molecule has 0 aromatic carbocycles. The van der Waals surface area contributed by atoms with E-state index in [4.69, 9.17) is 0 Å². The smallest absolute Gasteiger partial charge is 0.337 e. The van der Waals surface area contributed by atoms with Gasteiger partial charge in [-0.25, -0.2) is 4.79 Å². The van der Waals surface area contributed by atoms with E-state index in [9.17, 15) is 15.0 Å². The maximum Gasteiger partial charge on any atom is 0.337 e. The van der Waals surface area contributed by atoms with Crippen molar-refractivity contribution in [2.75, 3.05) is 7.11 Å². The van der Waals surface area contributed by atoms with E-state index in [1.165, 1.54) is 71.3 Å². The first kappa shape index (κ1) is 22.4. The molecule has 0 bridgehead atoms. The number of aliphatic hydroxyl groups excluding tert-OH is 2. The predicted molar refractivity (Wildman–Crippen MR) is 94.3 cm³/mol. The predicted octanol–water partition coefficient (Wildman–Crippen LogP) is 4.36. The highest BCUT2D eigenvalue weighted by Gasteiger charge is 2.24. The first-order chi connectivity index (χ1) is 11.1. The van der Waals surface area contributed by atoms with Gasteiger partial charge >= 0.3 is 5.97 Å². The highest BCUT2D eigenvalue weighted by Crippen LogP contribution is 2.14. The number of carbonyl (C=O) groups is 1. The zero-order chi connectivity index (χ0) is 17.3. The molecule has 4 heteroatoms. The van der Waals surface area contributed by atoms with Crippen molar-refractivity contribution in [1.82, 2.24) is 0 Å². The van der Waals surface area contributed by atoms with Crippen molar-refractivity contribution in [3.05, 3.63) is 0 Å². The summed E-state index contributed by atoms with van der Waals surface area (Å²) in [7, 11) is 1.21. The molecule has 2 atom stereocenters. The standard InChI is InChI=1S/C19H38O4/c1-3-4-5-6-7-8-9-10-11-12-13-14-15-16-17(20)18(21)19(22)23-2/h17-18,20-21H,3-16H2,1-2H3/t17-,18-/m1/s1. The third kappa shape index (κ3) is 13.5. The van der Waals surface area contributed by atoms with Crippen LogP contribution in [0.5, 0.6) is 0 Å². The number of hydrogen-bond acceptors (Lipinski definition) is 4. The molecule has 0 spiro atoms. The lowest BCUT2D eigenvalue weighted by Gasteiger charge is -2.15. The second kappa shape index (κ2) is 16.3. The molecule has 0 rings (SSSR count). The molecule has 0 fully saturated rings. The van der Waals surface area contributed by atoms with Crippen LogP contribution < -0.4 is 0 Å². The third-order valence-electron chi connectivity index (χ3n) is 4.41. The fourth-order valence-electron chi connectivity index (χ4n) is 2.81. The Morgan fingerprint density at radius 2 is 1.17 bits per heavy atom. The van der Waals surface area contributed by atoms with Crippen LogP contribution in [0.15, 0.2) is 0 Å². The summed E-state index contributed by atoms with van der Waals surface area (Å²) in [4.78, 5) is 11.1. The lowest BCUT2D eigenvalue weighted by atomic mass is 10.0. The highest BCUT2D eigenvalue weighted by atomic mass is 16.5. The van der Waals surface area contributed by atoms with Crippen LogP contribution in [0.2, 0.25) is 0 Å². The molecule has 0 aromatic rings. The van der Waals surface area contributed by atoms with Crippen molar-refractivity contribution in [2.45, 2.75) is 109 Å². The van der Waals surface area contributed by atoms with Gasteiger partial charge in [-0.15, -0.1) is 0 Å². The summed E-state index contributed by atoms with van der Waals surface area (Å²) in [5, 5.41) is 19.1. The number of ether oxygens (including phenoxy) is 1. The summed E-state index contributed by atoms with van der Waals surface area (Å²) in [6.07, 6.45) is 14.6. The topological polar surface area (TPSA) is 66.8 Å². The molecule has 0 aliphatic rings. The number of aliphatic hydroxyl groups is 2. The first-order valence-electron chi connectivity index (χ1n) is 9.57. The van der Waals surface area contributed by atoms with Gasteiger partial charge in [0.05, 0.1) is 13.2 Å². The van der Waals surface area contributed by atoms with E-state index in [1.807, 2.05) is 0 Å². The van der Waals surface area contributed by atoms with Crippen LogP contribution >= 0.6 is 0 Å². The Morgan fingerprint density at radius 3 is 1.57 bits per heavy atom. The number of rotatable bonds is 16. The van der Waals surface area contributed by atoms with E-state index in [0.29, 0.717) is 6.42 Å². The van der Waals surface area contributed by atoms with Crippen LogP contribution in [0.3, 0.4) is 0 Å². The largest absolute Gasteiger partial charge is 0.467 e. The maximum absolute atomic E-state index is 11.1. The minimum Gasteiger partial charge on any atom is -0.467 e. The summed E-state index contributed by atoms with van der Waals surface area (Å²) in [5.41, 5.74) is 0. The summed E-state index contributed by atoms with van der Waals surface area (Å²) in [6.45, 7) is 2.25. The Morgan fingerprint density at radius 1 is 0.783 bits per heavy atom. The van der Waals surface area contributed by atoms with Gasteiger partial charge in [-0.2, -0.15) is 0 Å². The molecule has 0 radical (unpaired) electrons. The van der Waals surface area contributed by atoms with Gasteiger partial charge in [0.1, 0.15) is 0 Å². The van der Waals surface area contributed by atoms with Crippen molar-refractivity contribution in [2.24, 2.45) is 0 Å². The Bertz CT molecular complexity index is 268. The first-order valence-corrected chi connectivity index (χ1v) is 9.57. The molecule has 0 heterocycles. The minimum atomic E-state index is -1.41. The SMILES string of the molecule is CCCCCCCCCCCCCCC[C@@H](O)[C@@H](O)C(=O)OC. The normalized spacial score (nSPS) is 13.7. The number of unbranched alkanes of at least 4 members (excludes halogenated alkanes) is 12. The summed E-state index contributed by atoms with van der Waals surface area (Å²) in [6, 6.07) is 0. The molecule has 0 unspecified atom stereocenters. The van der Waals surface area contributed by atoms with Crippen LogP contribution in [0.1, 0.15) is 96.8 Å². The highest BCUT2D eigenvalue weighted by molar-refractivity contribution is 5.74. The Balaban J connectivity index is 3.26. The number of carbonyl (C=O) groups excluding carboxylic acids is 1. The lowest BCUT2D eigenvalue weighted by molar-refractivity contribution is -0.156. The van der Waals surface area contributed by atoms with E-state index < -0.39 is 18.2 Å². The molecule has 0 saturated heterocycles. The molecular formula is C19H38O4. The van der Waals surface area contributed by atoms with Gasteiger partial charge in [0.25, 0.3) is 0 Å². The van der Waals surface area contributed by atoms with Crippen molar-refractivity contribution < 1.29 is 19.7 Å². The van der Waals surface area contributed by atoms with Gasteiger partial charge in [-0.1, -0.05) is 90.4 Å². The van der Waals surface area contributed by atoms with Gasteiger partial charge in [-0.3, -0.25) is 0 Å². The molecule has 2 N–H and O–H groups in total. The fraction of sp³-hybridized carbons (Fsp3) is 0.947. The van der Waals surface area contributed by atoms with E-state index in [-0.39, 0.29) is 0 Å². The van der Waals surface area contributed by atoms with E-state index >= 15 is 0 Å². The van der Waals surface area contributed by atoms with Crippen LogP contribution in [-0.4, -0.2) is 35.5 Å². The number of hydrogen-bond donors (Lipinski definition) is 2. The second-order valence-electron chi connectivity index (χ2n) is 6.57. The maximum atomic E-state index is 11.1. The number of methoxy groups -OCH3 is 1. The zero-order valence-corrected chi connectivity index (χ0v) is 15.3.